The van der Waals surface area contributed by atoms with E-state index in [9.17, 15) is 0 Å². The predicted molar refractivity (Wildman–Crippen MR) is 63.2 cm³/mol. The molecule has 3 aliphatic rings. The Morgan fingerprint density at radius 1 is 1.28 bits per heavy atom. The summed E-state index contributed by atoms with van der Waals surface area (Å²) in [4.78, 5) is 4.04. The van der Waals surface area contributed by atoms with Crippen LogP contribution in [0.5, 0.6) is 5.75 Å². The Morgan fingerprint density at radius 2 is 1.94 bits per heavy atom. The highest BCUT2D eigenvalue weighted by Crippen LogP contribution is 2.38. The fraction of sp³-hybridized carbons (Fsp3) is 0.615. The maximum Gasteiger partial charge on any atom is 0.279 e. The van der Waals surface area contributed by atoms with Gasteiger partial charge in [-0.1, -0.05) is 0 Å². The molecule has 4 heterocycles. The number of hydrogen-bond donors (Lipinski definition) is 0. The molecule has 1 aromatic rings. The summed E-state index contributed by atoms with van der Waals surface area (Å²) >= 11 is 0. The number of rotatable bonds is 3. The van der Waals surface area contributed by atoms with Crippen LogP contribution in [0.1, 0.15) is 12.5 Å². The summed E-state index contributed by atoms with van der Waals surface area (Å²) in [5, 5.41) is 0. The van der Waals surface area contributed by atoms with Crippen molar-refractivity contribution in [2.24, 2.45) is 5.41 Å². The van der Waals surface area contributed by atoms with E-state index >= 15 is 0 Å². The molecular formula is C13H17NO4. The van der Waals surface area contributed by atoms with E-state index in [0.29, 0.717) is 26.4 Å². The molecule has 5 heteroatoms. The van der Waals surface area contributed by atoms with Gasteiger partial charge < -0.3 is 18.9 Å². The van der Waals surface area contributed by atoms with E-state index in [-0.39, 0.29) is 5.41 Å². The molecule has 3 aliphatic heterocycles. The van der Waals surface area contributed by atoms with Crippen LogP contribution in [-0.4, -0.2) is 37.4 Å². The highest BCUT2D eigenvalue weighted by molar-refractivity contribution is 5.28. The fourth-order valence-corrected chi connectivity index (χ4v) is 2.08. The largest absolute Gasteiger partial charge is 0.492 e. The van der Waals surface area contributed by atoms with Gasteiger partial charge >= 0.3 is 0 Å². The Morgan fingerprint density at radius 3 is 2.56 bits per heavy atom. The molecule has 0 unspecified atom stereocenters. The quantitative estimate of drug-likeness (QED) is 0.815. The smallest absolute Gasteiger partial charge is 0.279 e. The minimum Gasteiger partial charge on any atom is -0.492 e. The Bertz CT molecular complexity index is 424. The van der Waals surface area contributed by atoms with Gasteiger partial charge in [0.05, 0.1) is 25.2 Å². The fourth-order valence-electron chi connectivity index (χ4n) is 2.08. The van der Waals surface area contributed by atoms with Crippen LogP contribution >= 0.6 is 0 Å². The first kappa shape index (κ1) is 11.9. The molecule has 0 radical (unpaired) electrons. The lowest BCUT2D eigenvalue weighted by Gasteiger charge is -2.50. The van der Waals surface area contributed by atoms with Gasteiger partial charge in [0.2, 0.25) is 0 Å². The highest BCUT2D eigenvalue weighted by Gasteiger charge is 2.50. The molecule has 18 heavy (non-hydrogen) atoms. The first-order valence-corrected chi connectivity index (χ1v) is 6.06. The van der Waals surface area contributed by atoms with Crippen LogP contribution in [-0.2, 0) is 14.2 Å². The SMILES string of the molecule is Cc1cnccc1OCC12COC(C)(OC1)OC2. The highest BCUT2D eigenvalue weighted by atomic mass is 16.9. The van der Waals surface area contributed by atoms with Crippen molar-refractivity contribution >= 4 is 0 Å². The van der Waals surface area contributed by atoms with Crippen LogP contribution in [0, 0.1) is 12.3 Å². The molecule has 0 saturated carbocycles. The zero-order valence-corrected chi connectivity index (χ0v) is 10.6. The molecule has 0 amide bonds. The molecule has 0 aromatic carbocycles. The number of fused-ring (bicyclic) bond motifs is 3. The summed E-state index contributed by atoms with van der Waals surface area (Å²) in [5.74, 6) is -0.00721. The van der Waals surface area contributed by atoms with Crippen LogP contribution in [0.3, 0.4) is 0 Å². The van der Waals surface area contributed by atoms with Gasteiger partial charge in [0.1, 0.15) is 12.4 Å². The maximum absolute atomic E-state index is 5.85. The van der Waals surface area contributed by atoms with Gasteiger partial charge in [0.25, 0.3) is 5.97 Å². The van der Waals surface area contributed by atoms with Crippen LogP contribution in [0.2, 0.25) is 0 Å². The van der Waals surface area contributed by atoms with Crippen LogP contribution in [0.25, 0.3) is 0 Å². The summed E-state index contributed by atoms with van der Waals surface area (Å²) in [6.07, 6.45) is 3.51. The Kier molecular flexibility index (Phi) is 2.77. The Balaban J connectivity index is 1.66. The van der Waals surface area contributed by atoms with Crippen molar-refractivity contribution in [1.82, 2.24) is 4.98 Å². The lowest BCUT2D eigenvalue weighted by atomic mass is 9.90. The third-order valence-electron chi connectivity index (χ3n) is 3.42. The number of nitrogens with zero attached hydrogens (tertiary/aromatic N) is 1. The maximum atomic E-state index is 5.85. The molecule has 0 aliphatic carbocycles. The Hall–Kier alpha value is -1.17. The normalized spacial score (nSPS) is 34.6. The third-order valence-corrected chi connectivity index (χ3v) is 3.42. The second-order valence-electron chi connectivity index (χ2n) is 5.16. The van der Waals surface area contributed by atoms with Gasteiger partial charge in [-0.3, -0.25) is 4.98 Å². The second kappa shape index (κ2) is 4.19. The van der Waals surface area contributed by atoms with Crippen LogP contribution < -0.4 is 4.74 Å². The van der Waals surface area contributed by atoms with E-state index in [2.05, 4.69) is 4.98 Å². The van der Waals surface area contributed by atoms with E-state index < -0.39 is 5.97 Å². The first-order valence-electron chi connectivity index (χ1n) is 6.06. The number of aromatic nitrogens is 1. The van der Waals surface area contributed by atoms with E-state index in [1.165, 1.54) is 0 Å². The minimum atomic E-state index is -0.853. The van der Waals surface area contributed by atoms with E-state index in [4.69, 9.17) is 18.9 Å². The number of pyridine rings is 1. The zero-order chi connectivity index (χ0) is 12.6. The van der Waals surface area contributed by atoms with Gasteiger partial charge in [-0.15, -0.1) is 0 Å². The van der Waals surface area contributed by atoms with Gasteiger partial charge in [0.15, 0.2) is 0 Å². The van der Waals surface area contributed by atoms with Crippen LogP contribution in [0.15, 0.2) is 18.5 Å². The molecule has 1 aromatic heterocycles. The monoisotopic (exact) mass is 251 g/mol. The summed E-state index contributed by atoms with van der Waals surface area (Å²) in [5.41, 5.74) is 0.820. The topological polar surface area (TPSA) is 49.8 Å². The van der Waals surface area contributed by atoms with Crippen molar-refractivity contribution < 1.29 is 18.9 Å². The molecule has 4 rings (SSSR count). The summed E-state index contributed by atoms with van der Waals surface area (Å²) in [6, 6.07) is 1.87. The van der Waals surface area contributed by atoms with E-state index in [1.54, 1.807) is 19.3 Å². The third kappa shape index (κ3) is 2.09. The van der Waals surface area contributed by atoms with Crippen molar-refractivity contribution in [3.63, 3.8) is 0 Å². The minimum absolute atomic E-state index is 0.201. The molecule has 0 spiro atoms. The summed E-state index contributed by atoms with van der Waals surface area (Å²) in [7, 11) is 0. The molecule has 3 fully saturated rings. The average molecular weight is 251 g/mol. The van der Waals surface area contributed by atoms with E-state index in [0.717, 1.165) is 11.3 Å². The average Bonchev–Trinajstić information content (AvgIpc) is 2.40. The molecule has 3 saturated heterocycles. The van der Waals surface area contributed by atoms with Crippen molar-refractivity contribution in [3.05, 3.63) is 24.0 Å². The zero-order valence-electron chi connectivity index (χ0n) is 10.6. The molecule has 5 nitrogen and oxygen atoms in total. The lowest BCUT2D eigenvalue weighted by Crippen LogP contribution is -2.60. The van der Waals surface area contributed by atoms with Gasteiger partial charge in [-0.05, 0) is 13.0 Å². The molecule has 0 atom stereocenters. The lowest BCUT2D eigenvalue weighted by molar-refractivity contribution is -0.461. The second-order valence-corrected chi connectivity index (χ2v) is 5.16. The van der Waals surface area contributed by atoms with Gasteiger partial charge in [-0.2, -0.15) is 0 Å². The molecule has 2 bridgehead atoms. The standard InChI is InChI=1S/C13H17NO4/c1-10-5-14-4-3-11(10)15-6-13-7-16-12(2,17-8-13)18-9-13/h3-5H,6-9H2,1-2H3. The molecular weight excluding hydrogens is 234 g/mol. The molecule has 0 N–H and O–H groups in total. The van der Waals surface area contributed by atoms with Gasteiger partial charge in [-0.25, -0.2) is 0 Å². The summed E-state index contributed by atoms with van der Waals surface area (Å²) < 4.78 is 22.5. The van der Waals surface area contributed by atoms with Crippen molar-refractivity contribution in [2.75, 3.05) is 26.4 Å². The van der Waals surface area contributed by atoms with Crippen molar-refractivity contribution in [1.29, 1.82) is 0 Å². The first-order chi connectivity index (χ1) is 8.61. The number of hydrogen-bond acceptors (Lipinski definition) is 5. The van der Waals surface area contributed by atoms with Gasteiger partial charge in [0, 0.05) is 24.9 Å². The van der Waals surface area contributed by atoms with Crippen molar-refractivity contribution in [2.45, 2.75) is 19.8 Å². The predicted octanol–water partition coefficient (Wildman–Crippen LogP) is 1.51. The number of ether oxygens (including phenoxy) is 4. The van der Waals surface area contributed by atoms with E-state index in [1.807, 2.05) is 13.0 Å². The summed E-state index contributed by atoms with van der Waals surface area (Å²) in [6.45, 7) is 6.11. The molecule has 98 valence electrons. The number of aryl methyl sites for hydroxylation is 1. The van der Waals surface area contributed by atoms with Crippen LogP contribution in [0.4, 0.5) is 0 Å². The van der Waals surface area contributed by atoms with Crippen molar-refractivity contribution in [3.8, 4) is 5.75 Å². The Labute approximate surface area is 106 Å².